The molecule has 1 unspecified atom stereocenters. The molecular weight excluding hydrogens is 107 g/mol. The molecule has 0 aromatic heterocycles. The Hall–Kier alpha value is 0.390. The lowest BCUT2D eigenvalue weighted by Crippen LogP contribution is -1.77. The van der Waals surface area contributed by atoms with E-state index in [2.05, 4.69) is 13.1 Å². The molecule has 0 heterocycles. The van der Waals surface area contributed by atoms with Crippen LogP contribution in [0.4, 0.5) is 0 Å². The highest BCUT2D eigenvalue weighted by molar-refractivity contribution is 7.54. The second-order valence-corrected chi connectivity index (χ2v) is 3.52. The zero-order valence-electron chi connectivity index (χ0n) is 5.14. The van der Waals surface area contributed by atoms with E-state index in [0.717, 1.165) is 6.16 Å². The Morgan fingerprint density at radius 3 is 2.29 bits per heavy atom. The third-order valence-corrected chi connectivity index (χ3v) is 2.50. The van der Waals surface area contributed by atoms with Crippen LogP contribution in [-0.4, -0.2) is 13.3 Å². The summed E-state index contributed by atoms with van der Waals surface area (Å²) < 4.78 is 5.06. The molecule has 2 heteroatoms. The fraction of sp³-hybridized carbons (Fsp3) is 0.800. The molecule has 0 aliphatic rings. The molecule has 0 aromatic carbocycles. The summed E-state index contributed by atoms with van der Waals surface area (Å²) in [6.45, 7) is 4.17. The van der Waals surface area contributed by atoms with Gasteiger partial charge in [-0.2, -0.15) is 6.92 Å². The highest BCUT2D eigenvalue weighted by Crippen LogP contribution is 2.37. The van der Waals surface area contributed by atoms with Crippen molar-refractivity contribution in [3.05, 3.63) is 6.16 Å². The van der Waals surface area contributed by atoms with Crippen LogP contribution in [0.2, 0.25) is 0 Å². The molecule has 0 saturated heterocycles. The van der Waals surface area contributed by atoms with Gasteiger partial charge in [0.1, 0.15) is 0 Å². The van der Waals surface area contributed by atoms with Crippen molar-refractivity contribution in [2.75, 3.05) is 13.3 Å². The van der Waals surface area contributed by atoms with Crippen molar-refractivity contribution < 1.29 is 4.52 Å². The number of hydrogen-bond acceptors (Lipinski definition) is 1. The first kappa shape index (κ1) is 7.39. The molecule has 0 fully saturated rings. The van der Waals surface area contributed by atoms with Gasteiger partial charge in [-0.3, -0.25) is 6.16 Å². The molecule has 7 heavy (non-hydrogen) atoms. The zero-order valence-corrected chi connectivity index (χ0v) is 6.03. The second kappa shape index (κ2) is 4.55. The Morgan fingerprint density at radius 2 is 2.29 bits per heavy atom. The normalized spacial score (nSPS) is 14.1. The quantitative estimate of drug-likeness (QED) is 0.409. The maximum Gasteiger partial charge on any atom is 0.0363 e. The van der Waals surface area contributed by atoms with Gasteiger partial charge in [0.25, 0.3) is 0 Å². The monoisotopic (exact) mass is 119 g/mol. The van der Waals surface area contributed by atoms with Gasteiger partial charge in [0.15, 0.2) is 0 Å². The minimum Gasteiger partial charge on any atom is -0.395 e. The summed E-state index contributed by atoms with van der Waals surface area (Å²) in [7, 11) is 1.58. The molecule has 0 aromatic rings. The van der Waals surface area contributed by atoms with Crippen molar-refractivity contribution in [1.82, 2.24) is 0 Å². The summed E-state index contributed by atoms with van der Waals surface area (Å²) >= 11 is 0. The lowest BCUT2D eigenvalue weighted by atomic mass is 11.0. The summed E-state index contributed by atoms with van der Waals surface area (Å²) in [4.78, 5) is 0. The van der Waals surface area contributed by atoms with Gasteiger partial charge in [0.2, 0.25) is 0 Å². The van der Waals surface area contributed by atoms with E-state index in [1.54, 1.807) is 7.11 Å². The maximum atomic E-state index is 5.06. The molecule has 0 saturated carbocycles. The highest BCUT2D eigenvalue weighted by Gasteiger charge is 1.83. The Morgan fingerprint density at radius 1 is 1.71 bits per heavy atom. The van der Waals surface area contributed by atoms with Gasteiger partial charge in [0.05, 0.1) is 0 Å². The third kappa shape index (κ3) is 3.02. The molecule has 1 nitrogen and oxygen atoms in total. The SMILES string of the molecule is C[CH-]P(CC)OC. The Kier molecular flexibility index (Phi) is 4.80. The van der Waals surface area contributed by atoms with E-state index in [0.29, 0.717) is 0 Å². The molecule has 44 valence electrons. The third-order valence-electron chi connectivity index (χ3n) is 0.834. The van der Waals surface area contributed by atoms with Crippen LogP contribution in [0.1, 0.15) is 13.8 Å². The van der Waals surface area contributed by atoms with Gasteiger partial charge in [-0.1, -0.05) is 6.92 Å². The lowest BCUT2D eigenvalue weighted by molar-refractivity contribution is 0.465. The zero-order chi connectivity index (χ0) is 5.70. The molecule has 0 spiro atoms. The van der Waals surface area contributed by atoms with Crippen molar-refractivity contribution in [3.63, 3.8) is 0 Å². The van der Waals surface area contributed by atoms with Crippen LogP contribution in [0.3, 0.4) is 0 Å². The first-order valence-electron chi connectivity index (χ1n) is 2.45. The molecule has 0 rings (SSSR count). The van der Waals surface area contributed by atoms with Crippen molar-refractivity contribution in [1.29, 1.82) is 0 Å². The minimum atomic E-state index is -0.179. The van der Waals surface area contributed by atoms with E-state index < -0.39 is 0 Å². The minimum absolute atomic E-state index is 0.179. The van der Waals surface area contributed by atoms with Crippen LogP contribution in [0.15, 0.2) is 0 Å². The Labute approximate surface area is 46.9 Å². The first-order valence-corrected chi connectivity index (χ1v) is 3.96. The van der Waals surface area contributed by atoms with Crippen LogP contribution in [0.25, 0.3) is 0 Å². The highest BCUT2D eigenvalue weighted by atomic mass is 31.1. The predicted octanol–water partition coefficient (Wildman–Crippen LogP) is 2.23. The molecule has 0 aliphatic carbocycles. The van der Waals surface area contributed by atoms with Crippen LogP contribution >= 0.6 is 8.15 Å². The van der Waals surface area contributed by atoms with Crippen molar-refractivity contribution in [2.24, 2.45) is 0 Å². The Bertz CT molecular complexity index is 29.6. The lowest BCUT2D eigenvalue weighted by Gasteiger charge is -2.18. The van der Waals surface area contributed by atoms with Crippen LogP contribution in [-0.2, 0) is 4.52 Å². The smallest absolute Gasteiger partial charge is 0.0363 e. The van der Waals surface area contributed by atoms with E-state index in [1.807, 2.05) is 6.92 Å². The standard InChI is InChI=1S/C5H12OP/c1-4-7(5-2)6-3/h4H,5H2,1-3H3/q-1. The molecule has 0 amide bonds. The average molecular weight is 119 g/mol. The largest absolute Gasteiger partial charge is 0.395 e. The molecule has 0 N–H and O–H groups in total. The predicted molar refractivity (Wildman–Crippen MR) is 34.4 cm³/mol. The Balaban J connectivity index is 2.99. The average Bonchev–Trinajstić information content (AvgIpc) is 1.72. The van der Waals surface area contributed by atoms with Crippen LogP contribution in [0, 0.1) is 6.16 Å². The van der Waals surface area contributed by atoms with Crippen molar-refractivity contribution in [2.45, 2.75) is 13.8 Å². The molecule has 1 atom stereocenters. The van der Waals surface area contributed by atoms with Crippen molar-refractivity contribution in [3.8, 4) is 0 Å². The number of rotatable bonds is 3. The molecule has 0 aliphatic heterocycles. The summed E-state index contributed by atoms with van der Waals surface area (Å²) in [5, 5.41) is 0. The van der Waals surface area contributed by atoms with Gasteiger partial charge in [0, 0.05) is 7.11 Å². The molecular formula is C5H12OP-. The van der Waals surface area contributed by atoms with Gasteiger partial charge in [-0.25, -0.2) is 0 Å². The summed E-state index contributed by atoms with van der Waals surface area (Å²) in [5.41, 5.74) is 0. The second-order valence-electron chi connectivity index (χ2n) is 1.17. The van der Waals surface area contributed by atoms with E-state index in [-0.39, 0.29) is 8.15 Å². The fourth-order valence-electron chi connectivity index (χ4n) is 0.417. The first-order chi connectivity index (χ1) is 3.35. The molecule has 0 bridgehead atoms. The fourth-order valence-corrected chi connectivity index (χ4v) is 1.25. The van der Waals surface area contributed by atoms with Crippen LogP contribution < -0.4 is 0 Å². The van der Waals surface area contributed by atoms with Gasteiger partial charge in [-0.15, -0.1) is 8.15 Å². The summed E-state index contributed by atoms with van der Waals surface area (Å²) in [6, 6.07) is 0. The number of hydrogen-bond donors (Lipinski definition) is 0. The topological polar surface area (TPSA) is 9.23 Å². The van der Waals surface area contributed by atoms with Gasteiger partial charge >= 0.3 is 0 Å². The van der Waals surface area contributed by atoms with E-state index in [1.165, 1.54) is 0 Å². The van der Waals surface area contributed by atoms with Gasteiger partial charge < -0.3 is 4.52 Å². The van der Waals surface area contributed by atoms with E-state index >= 15 is 0 Å². The summed E-state index contributed by atoms with van der Waals surface area (Å²) in [5.74, 6) is 0. The maximum absolute atomic E-state index is 5.06. The summed E-state index contributed by atoms with van der Waals surface area (Å²) in [6.07, 6.45) is 3.26. The van der Waals surface area contributed by atoms with E-state index in [4.69, 9.17) is 4.52 Å². The van der Waals surface area contributed by atoms with Crippen LogP contribution in [0.5, 0.6) is 0 Å². The van der Waals surface area contributed by atoms with E-state index in [9.17, 15) is 0 Å². The van der Waals surface area contributed by atoms with Gasteiger partial charge in [-0.05, 0) is 6.16 Å². The molecule has 0 radical (unpaired) electrons. The van der Waals surface area contributed by atoms with Crippen molar-refractivity contribution >= 4 is 8.15 Å².